The van der Waals surface area contributed by atoms with E-state index in [-0.39, 0.29) is 18.5 Å². The molecule has 0 bridgehead atoms. The van der Waals surface area contributed by atoms with Gasteiger partial charge < -0.3 is 10.0 Å². The van der Waals surface area contributed by atoms with Gasteiger partial charge in [0.05, 0.1) is 12.2 Å². The van der Waals surface area contributed by atoms with Gasteiger partial charge in [0, 0.05) is 23.2 Å². The quantitative estimate of drug-likeness (QED) is 0.898. The molecular weight excluding hydrogens is 336 g/mol. The van der Waals surface area contributed by atoms with Crippen LogP contribution in [0, 0.1) is 5.92 Å². The number of rotatable bonds is 3. The Morgan fingerprint density at radius 3 is 2.84 bits per heavy atom. The topological polar surface area (TPSA) is 60.9 Å². The Kier molecular flexibility index (Phi) is 4.73. The summed E-state index contributed by atoms with van der Waals surface area (Å²) in [6, 6.07) is 7.74. The first-order valence-electron chi connectivity index (χ1n) is 9.16. The van der Waals surface area contributed by atoms with Crippen LogP contribution in [0.2, 0.25) is 0 Å². The van der Waals surface area contributed by atoms with Crippen molar-refractivity contribution >= 4 is 29.3 Å². The van der Waals surface area contributed by atoms with Crippen LogP contribution in [-0.4, -0.2) is 52.8 Å². The highest BCUT2D eigenvalue weighted by molar-refractivity contribution is 7.99. The lowest BCUT2D eigenvalue weighted by atomic mass is 9.85. The SMILES string of the molecule is O=C(O)C1CC2CCCCC2N1CC(=O)N1CCSc2ccccc21. The molecule has 2 heterocycles. The molecule has 2 aliphatic heterocycles. The summed E-state index contributed by atoms with van der Waals surface area (Å²) < 4.78 is 0. The Hall–Kier alpha value is -1.53. The number of thioether (sulfide) groups is 1. The van der Waals surface area contributed by atoms with E-state index >= 15 is 0 Å². The van der Waals surface area contributed by atoms with E-state index in [1.54, 1.807) is 11.8 Å². The Morgan fingerprint density at radius 2 is 2.00 bits per heavy atom. The van der Waals surface area contributed by atoms with Crippen LogP contribution < -0.4 is 4.90 Å². The average Bonchev–Trinajstić information content (AvgIpc) is 3.00. The number of benzene rings is 1. The highest BCUT2D eigenvalue weighted by atomic mass is 32.2. The average molecular weight is 360 g/mol. The summed E-state index contributed by atoms with van der Waals surface area (Å²) in [5, 5.41) is 9.64. The number of anilines is 1. The van der Waals surface area contributed by atoms with Crippen molar-refractivity contribution < 1.29 is 14.7 Å². The van der Waals surface area contributed by atoms with E-state index in [1.165, 1.54) is 6.42 Å². The fraction of sp³-hybridized carbons (Fsp3) is 0.579. The van der Waals surface area contributed by atoms with Crippen LogP contribution >= 0.6 is 11.8 Å². The molecule has 0 aromatic heterocycles. The van der Waals surface area contributed by atoms with Crippen LogP contribution in [-0.2, 0) is 9.59 Å². The van der Waals surface area contributed by atoms with Gasteiger partial charge in [-0.25, -0.2) is 0 Å². The van der Waals surface area contributed by atoms with Crippen molar-refractivity contribution in [2.45, 2.75) is 49.1 Å². The number of nitrogens with zero attached hydrogens (tertiary/aromatic N) is 2. The lowest BCUT2D eigenvalue weighted by Crippen LogP contribution is -2.49. The highest BCUT2D eigenvalue weighted by Gasteiger charge is 2.46. The maximum Gasteiger partial charge on any atom is 0.320 e. The van der Waals surface area contributed by atoms with Crippen LogP contribution in [0.25, 0.3) is 0 Å². The largest absolute Gasteiger partial charge is 0.480 e. The molecule has 25 heavy (non-hydrogen) atoms. The third-order valence-corrected chi connectivity index (χ3v) is 6.90. The zero-order valence-electron chi connectivity index (χ0n) is 14.3. The molecule has 2 fully saturated rings. The molecule has 3 atom stereocenters. The molecule has 1 aromatic rings. The smallest absolute Gasteiger partial charge is 0.320 e. The van der Waals surface area contributed by atoms with Crippen molar-refractivity contribution in [3.05, 3.63) is 24.3 Å². The molecule has 1 saturated carbocycles. The Bertz CT molecular complexity index is 680. The number of para-hydroxylation sites is 1. The van der Waals surface area contributed by atoms with Crippen LogP contribution in [0.3, 0.4) is 0 Å². The van der Waals surface area contributed by atoms with Gasteiger partial charge >= 0.3 is 5.97 Å². The first kappa shape index (κ1) is 16.9. The lowest BCUT2D eigenvalue weighted by molar-refractivity contribution is -0.143. The fourth-order valence-electron chi connectivity index (χ4n) is 4.69. The molecule has 1 N–H and O–H groups in total. The van der Waals surface area contributed by atoms with Crippen molar-refractivity contribution in [3.8, 4) is 0 Å². The Morgan fingerprint density at radius 1 is 1.20 bits per heavy atom. The standard InChI is InChI=1S/C19H24N2O3S/c22-18(20-9-10-25-17-8-4-3-7-15(17)20)12-21-14-6-2-1-5-13(14)11-16(21)19(23)24/h3-4,7-8,13-14,16H,1-2,5-6,9-12H2,(H,23,24). The summed E-state index contributed by atoms with van der Waals surface area (Å²) in [4.78, 5) is 29.7. The van der Waals surface area contributed by atoms with Gasteiger partial charge in [0.25, 0.3) is 0 Å². The number of carboxylic acid groups (broad SMARTS) is 1. The number of carbonyl (C=O) groups excluding carboxylic acids is 1. The van der Waals surface area contributed by atoms with E-state index in [0.29, 0.717) is 18.9 Å². The van der Waals surface area contributed by atoms with Gasteiger partial charge in [-0.2, -0.15) is 0 Å². The molecule has 1 aromatic carbocycles. The molecule has 3 unspecified atom stereocenters. The first-order valence-corrected chi connectivity index (χ1v) is 10.1. The second-order valence-electron chi connectivity index (χ2n) is 7.24. The Balaban J connectivity index is 1.54. The van der Waals surface area contributed by atoms with E-state index < -0.39 is 12.0 Å². The first-order chi connectivity index (χ1) is 12.1. The van der Waals surface area contributed by atoms with Crippen molar-refractivity contribution in [1.82, 2.24) is 4.90 Å². The number of fused-ring (bicyclic) bond motifs is 2. The predicted molar refractivity (Wildman–Crippen MR) is 98.0 cm³/mol. The molecule has 1 saturated heterocycles. The zero-order valence-corrected chi connectivity index (χ0v) is 15.1. The summed E-state index contributed by atoms with van der Waals surface area (Å²) in [6.07, 6.45) is 5.14. The minimum atomic E-state index is -0.781. The monoisotopic (exact) mass is 360 g/mol. The van der Waals surface area contributed by atoms with Gasteiger partial charge in [-0.05, 0) is 37.3 Å². The van der Waals surface area contributed by atoms with E-state index in [9.17, 15) is 14.7 Å². The second-order valence-corrected chi connectivity index (χ2v) is 8.37. The molecule has 0 radical (unpaired) electrons. The third-order valence-electron chi connectivity index (χ3n) is 5.85. The molecule has 1 amide bonds. The molecule has 6 heteroatoms. The number of amides is 1. The maximum atomic E-state index is 13.0. The zero-order chi connectivity index (χ0) is 17.4. The molecule has 3 aliphatic rings. The highest BCUT2D eigenvalue weighted by Crippen LogP contribution is 2.40. The number of hydrogen-bond donors (Lipinski definition) is 1. The van der Waals surface area contributed by atoms with Gasteiger partial charge in [-0.3, -0.25) is 14.5 Å². The Labute approximate surface area is 152 Å². The summed E-state index contributed by atoms with van der Waals surface area (Å²) in [7, 11) is 0. The van der Waals surface area contributed by atoms with E-state index in [0.717, 1.165) is 35.6 Å². The van der Waals surface area contributed by atoms with Gasteiger partial charge in [0.2, 0.25) is 5.91 Å². The van der Waals surface area contributed by atoms with Crippen molar-refractivity contribution in [3.63, 3.8) is 0 Å². The molecule has 1 aliphatic carbocycles. The third kappa shape index (κ3) is 3.17. The predicted octanol–water partition coefficient (Wildman–Crippen LogP) is 2.84. The molecule has 134 valence electrons. The summed E-state index contributed by atoms with van der Waals surface area (Å²) in [5.74, 6) is 0.575. The molecular formula is C19H24N2O3S. The minimum absolute atomic E-state index is 0.0326. The summed E-state index contributed by atoms with van der Waals surface area (Å²) in [6.45, 7) is 0.914. The summed E-state index contributed by atoms with van der Waals surface area (Å²) >= 11 is 1.77. The number of carboxylic acids is 1. The van der Waals surface area contributed by atoms with Crippen LogP contribution in [0.1, 0.15) is 32.1 Å². The van der Waals surface area contributed by atoms with Crippen molar-refractivity contribution in [2.24, 2.45) is 5.92 Å². The number of hydrogen-bond acceptors (Lipinski definition) is 4. The van der Waals surface area contributed by atoms with Gasteiger partial charge in [-0.15, -0.1) is 11.8 Å². The number of likely N-dealkylation sites (tertiary alicyclic amines) is 1. The van der Waals surface area contributed by atoms with Gasteiger partial charge in [0.15, 0.2) is 0 Å². The maximum absolute atomic E-state index is 13.0. The lowest BCUT2D eigenvalue weighted by Gasteiger charge is -2.35. The molecule has 5 nitrogen and oxygen atoms in total. The van der Waals surface area contributed by atoms with E-state index in [1.807, 2.05) is 34.1 Å². The van der Waals surface area contributed by atoms with Gasteiger partial charge in [0.1, 0.15) is 6.04 Å². The van der Waals surface area contributed by atoms with E-state index in [2.05, 4.69) is 0 Å². The van der Waals surface area contributed by atoms with Crippen molar-refractivity contribution in [1.29, 1.82) is 0 Å². The van der Waals surface area contributed by atoms with Crippen LogP contribution in [0.4, 0.5) is 5.69 Å². The molecule has 4 rings (SSSR count). The minimum Gasteiger partial charge on any atom is -0.480 e. The van der Waals surface area contributed by atoms with E-state index in [4.69, 9.17) is 0 Å². The number of carbonyl (C=O) groups is 2. The normalized spacial score (nSPS) is 29.1. The second kappa shape index (κ2) is 7.00. The van der Waals surface area contributed by atoms with Crippen LogP contribution in [0.15, 0.2) is 29.2 Å². The van der Waals surface area contributed by atoms with Crippen molar-refractivity contribution in [2.75, 3.05) is 23.7 Å². The van der Waals surface area contributed by atoms with Crippen LogP contribution in [0.5, 0.6) is 0 Å². The molecule has 0 spiro atoms. The number of aliphatic carboxylic acids is 1. The summed E-state index contributed by atoms with van der Waals surface area (Å²) in [5.41, 5.74) is 0.968. The fourth-order valence-corrected chi connectivity index (χ4v) is 5.69. The van der Waals surface area contributed by atoms with Gasteiger partial charge in [-0.1, -0.05) is 25.0 Å².